The summed E-state index contributed by atoms with van der Waals surface area (Å²) in [6.07, 6.45) is -1.02. The third-order valence-electron chi connectivity index (χ3n) is 6.12. The van der Waals surface area contributed by atoms with Gasteiger partial charge in [0.1, 0.15) is 23.9 Å². The van der Waals surface area contributed by atoms with Gasteiger partial charge in [-0.2, -0.15) is 0 Å². The van der Waals surface area contributed by atoms with Crippen molar-refractivity contribution in [2.24, 2.45) is 0 Å². The highest BCUT2D eigenvalue weighted by Crippen LogP contribution is 2.38. The largest absolute Gasteiger partial charge is 0.497 e. The fourth-order valence-electron chi connectivity index (χ4n) is 4.14. The Hall–Kier alpha value is -3.72. The number of nitrogens with zero attached hydrogens (tertiary/aromatic N) is 1. The van der Waals surface area contributed by atoms with Crippen molar-refractivity contribution in [3.05, 3.63) is 77.9 Å². The number of amides is 1. The van der Waals surface area contributed by atoms with Gasteiger partial charge in [0.25, 0.3) is 15.9 Å². The van der Waals surface area contributed by atoms with Crippen LogP contribution in [0.2, 0.25) is 0 Å². The molecular formula is C28H32N2O6S. The second-order valence-electron chi connectivity index (χ2n) is 9.12. The maximum Gasteiger partial charge on any atom is 0.264 e. The number of fused-ring (bicyclic) bond motifs is 1. The molecule has 0 saturated heterocycles. The van der Waals surface area contributed by atoms with Gasteiger partial charge >= 0.3 is 0 Å². The summed E-state index contributed by atoms with van der Waals surface area (Å²) in [6.45, 7) is 6.42. The Kier molecular flexibility index (Phi) is 7.92. The van der Waals surface area contributed by atoms with Crippen molar-refractivity contribution in [3.63, 3.8) is 0 Å². The SMILES string of the molecule is COc1ccc(S(=O)(=O)N2C[C@H](C(=O)NCCOc3ccccc3C(C)C)Oc3cc(C)ccc32)cc1. The minimum atomic E-state index is -3.96. The molecule has 1 aliphatic heterocycles. The molecule has 1 aliphatic rings. The standard InChI is InChI=1S/C28H32N2O6S/c1-19(2)23-7-5-6-8-25(23)35-16-15-29-28(31)27-18-30(24-14-9-20(3)17-26(24)36-27)37(32,33)22-12-10-21(34-4)11-13-22/h5-14,17,19,27H,15-16,18H2,1-4H3,(H,29,31)/t27-/m1/s1. The topological polar surface area (TPSA) is 94.2 Å². The van der Waals surface area contributed by atoms with Crippen LogP contribution in [-0.2, 0) is 14.8 Å². The van der Waals surface area contributed by atoms with E-state index in [1.54, 1.807) is 24.3 Å². The van der Waals surface area contributed by atoms with Gasteiger partial charge in [-0.15, -0.1) is 0 Å². The number of para-hydroxylation sites is 1. The average Bonchev–Trinajstić information content (AvgIpc) is 2.90. The maximum atomic E-state index is 13.6. The van der Waals surface area contributed by atoms with Gasteiger partial charge in [-0.05, 0) is 66.4 Å². The van der Waals surface area contributed by atoms with Gasteiger partial charge in [0, 0.05) is 0 Å². The van der Waals surface area contributed by atoms with Gasteiger partial charge < -0.3 is 19.5 Å². The molecule has 1 atom stereocenters. The maximum absolute atomic E-state index is 13.6. The van der Waals surface area contributed by atoms with E-state index in [0.717, 1.165) is 16.9 Å². The van der Waals surface area contributed by atoms with Crippen LogP contribution in [0.3, 0.4) is 0 Å². The van der Waals surface area contributed by atoms with Crippen LogP contribution in [0, 0.1) is 6.92 Å². The Morgan fingerprint density at radius 2 is 1.84 bits per heavy atom. The number of hydrogen-bond donors (Lipinski definition) is 1. The Morgan fingerprint density at radius 1 is 1.11 bits per heavy atom. The molecule has 0 aliphatic carbocycles. The number of hydrogen-bond acceptors (Lipinski definition) is 6. The molecule has 0 saturated carbocycles. The lowest BCUT2D eigenvalue weighted by Gasteiger charge is -2.35. The van der Waals surface area contributed by atoms with Crippen molar-refractivity contribution in [2.45, 2.75) is 37.7 Å². The van der Waals surface area contributed by atoms with E-state index in [1.807, 2.05) is 37.3 Å². The van der Waals surface area contributed by atoms with E-state index in [9.17, 15) is 13.2 Å². The van der Waals surface area contributed by atoms with Gasteiger partial charge in [0.15, 0.2) is 6.10 Å². The minimum absolute atomic E-state index is 0.0955. The molecule has 3 aromatic rings. The summed E-state index contributed by atoms with van der Waals surface area (Å²) in [4.78, 5) is 13.1. The molecule has 8 nitrogen and oxygen atoms in total. The molecule has 0 unspecified atom stereocenters. The van der Waals surface area contributed by atoms with Crippen LogP contribution >= 0.6 is 0 Å². The molecular weight excluding hydrogens is 492 g/mol. The number of methoxy groups -OCH3 is 1. The predicted octanol–water partition coefficient (Wildman–Crippen LogP) is 4.28. The highest BCUT2D eigenvalue weighted by atomic mass is 32.2. The highest BCUT2D eigenvalue weighted by Gasteiger charge is 2.37. The van der Waals surface area contributed by atoms with Crippen LogP contribution < -0.4 is 23.8 Å². The van der Waals surface area contributed by atoms with Crippen LogP contribution in [-0.4, -0.2) is 47.2 Å². The van der Waals surface area contributed by atoms with Crippen LogP contribution in [0.1, 0.15) is 30.9 Å². The molecule has 9 heteroatoms. The summed E-state index contributed by atoms with van der Waals surface area (Å²) in [6, 6.07) is 19.2. The number of rotatable bonds is 9. The molecule has 196 valence electrons. The first kappa shape index (κ1) is 26.3. The average molecular weight is 525 g/mol. The molecule has 1 amide bonds. The van der Waals surface area contributed by atoms with Crippen molar-refractivity contribution >= 4 is 21.6 Å². The summed E-state index contributed by atoms with van der Waals surface area (Å²) in [5.41, 5.74) is 2.37. The van der Waals surface area contributed by atoms with Crippen molar-refractivity contribution in [1.29, 1.82) is 0 Å². The number of nitrogens with one attached hydrogen (secondary N) is 1. The van der Waals surface area contributed by atoms with E-state index < -0.39 is 22.0 Å². The zero-order valence-electron chi connectivity index (χ0n) is 21.4. The summed E-state index contributed by atoms with van der Waals surface area (Å²) in [7, 11) is -2.45. The molecule has 37 heavy (non-hydrogen) atoms. The van der Waals surface area contributed by atoms with Gasteiger partial charge in [-0.1, -0.05) is 38.1 Å². The van der Waals surface area contributed by atoms with Crippen LogP contribution in [0.4, 0.5) is 5.69 Å². The predicted molar refractivity (Wildman–Crippen MR) is 142 cm³/mol. The first-order chi connectivity index (χ1) is 17.7. The molecule has 4 rings (SSSR count). The molecule has 0 fully saturated rings. The smallest absolute Gasteiger partial charge is 0.264 e. The number of benzene rings is 3. The lowest BCUT2D eigenvalue weighted by atomic mass is 10.0. The van der Waals surface area contributed by atoms with Gasteiger partial charge in [-0.25, -0.2) is 8.42 Å². The van der Waals surface area contributed by atoms with E-state index in [2.05, 4.69) is 19.2 Å². The number of anilines is 1. The van der Waals surface area contributed by atoms with E-state index in [1.165, 1.54) is 23.5 Å². The molecule has 3 aromatic carbocycles. The third kappa shape index (κ3) is 5.83. The first-order valence-electron chi connectivity index (χ1n) is 12.1. The second kappa shape index (κ2) is 11.1. The third-order valence-corrected chi connectivity index (χ3v) is 7.92. The van der Waals surface area contributed by atoms with E-state index in [4.69, 9.17) is 14.2 Å². The normalized spacial score (nSPS) is 15.1. The first-order valence-corrected chi connectivity index (χ1v) is 13.6. The van der Waals surface area contributed by atoms with E-state index in [0.29, 0.717) is 23.1 Å². The van der Waals surface area contributed by atoms with E-state index in [-0.39, 0.29) is 24.6 Å². The number of carbonyl (C=O) groups is 1. The van der Waals surface area contributed by atoms with Gasteiger partial charge in [-0.3, -0.25) is 9.10 Å². The monoisotopic (exact) mass is 524 g/mol. The Labute approximate surface area is 218 Å². The lowest BCUT2D eigenvalue weighted by molar-refractivity contribution is -0.127. The molecule has 0 spiro atoms. The number of ether oxygens (including phenoxy) is 3. The zero-order valence-corrected chi connectivity index (χ0v) is 22.2. The van der Waals surface area contributed by atoms with Crippen LogP contribution in [0.15, 0.2) is 71.6 Å². The quantitative estimate of drug-likeness (QED) is 0.420. The zero-order chi connectivity index (χ0) is 26.6. The number of carbonyl (C=O) groups excluding carboxylic acids is 1. The molecule has 1 N–H and O–H groups in total. The van der Waals surface area contributed by atoms with Crippen molar-refractivity contribution in [1.82, 2.24) is 5.32 Å². The lowest BCUT2D eigenvalue weighted by Crippen LogP contribution is -2.51. The van der Waals surface area contributed by atoms with E-state index >= 15 is 0 Å². The highest BCUT2D eigenvalue weighted by molar-refractivity contribution is 7.92. The minimum Gasteiger partial charge on any atom is -0.497 e. The Balaban J connectivity index is 1.48. The fraction of sp³-hybridized carbons (Fsp3) is 0.321. The van der Waals surface area contributed by atoms with Crippen LogP contribution in [0.5, 0.6) is 17.2 Å². The van der Waals surface area contributed by atoms with Gasteiger partial charge in [0.2, 0.25) is 0 Å². The Bertz CT molecular complexity index is 1360. The number of sulfonamides is 1. The summed E-state index contributed by atoms with van der Waals surface area (Å²) in [5, 5.41) is 2.82. The molecule has 1 heterocycles. The molecule has 0 aromatic heterocycles. The van der Waals surface area contributed by atoms with Crippen molar-refractivity contribution < 1.29 is 27.4 Å². The van der Waals surface area contributed by atoms with Crippen molar-refractivity contribution in [2.75, 3.05) is 31.1 Å². The fourth-order valence-corrected chi connectivity index (χ4v) is 5.61. The summed E-state index contributed by atoms with van der Waals surface area (Å²) in [5.74, 6) is 1.56. The van der Waals surface area contributed by atoms with Gasteiger partial charge in [0.05, 0.1) is 30.8 Å². The summed E-state index contributed by atoms with van der Waals surface area (Å²) >= 11 is 0. The Morgan fingerprint density at radius 3 is 2.54 bits per heavy atom. The number of aryl methyl sites for hydroxylation is 1. The second-order valence-corrected chi connectivity index (χ2v) is 11.0. The van der Waals surface area contributed by atoms with Crippen molar-refractivity contribution in [3.8, 4) is 17.2 Å². The van der Waals surface area contributed by atoms with Crippen LogP contribution in [0.25, 0.3) is 0 Å². The molecule has 0 radical (unpaired) electrons. The molecule has 0 bridgehead atoms. The summed E-state index contributed by atoms with van der Waals surface area (Å²) < 4.78 is 45.4.